The van der Waals surface area contributed by atoms with Crippen LogP contribution in [-0.4, -0.2) is 39.0 Å². The van der Waals surface area contributed by atoms with Gasteiger partial charge in [-0.05, 0) is 24.3 Å². The number of hydrogen-bond acceptors (Lipinski definition) is 5. The number of amides is 1. The molecule has 112 valence electrons. The highest BCUT2D eigenvalue weighted by Crippen LogP contribution is 2.29. The molecular formula is C12H11FN2O5S. The first kappa shape index (κ1) is 15.2. The lowest BCUT2D eigenvalue weighted by atomic mass is 9.98. The molecule has 1 atom stereocenters. The van der Waals surface area contributed by atoms with Gasteiger partial charge in [0.2, 0.25) is 0 Å². The quantitative estimate of drug-likeness (QED) is 0.642. The minimum atomic E-state index is -1.44. The first-order valence-electron chi connectivity index (χ1n) is 5.93. The molecule has 1 amide bonds. The van der Waals surface area contributed by atoms with Gasteiger partial charge in [0.05, 0.1) is 11.0 Å². The standard InChI is InChI=1S/C12H11FN2O5S/c13-7-1-2-8(9(5-7)15(19)20)10(16)14-12(11(17)18)3-4-21-6-12/h1-2,5H,3-4,6H2,(H,14,16)(H,17,18). The lowest BCUT2D eigenvalue weighted by Crippen LogP contribution is -2.54. The molecule has 1 aromatic carbocycles. The van der Waals surface area contributed by atoms with E-state index in [1.807, 2.05) is 0 Å². The van der Waals surface area contributed by atoms with Crippen LogP contribution in [0.1, 0.15) is 16.8 Å². The van der Waals surface area contributed by atoms with E-state index in [4.69, 9.17) is 0 Å². The Balaban J connectivity index is 2.32. The molecule has 1 aliphatic heterocycles. The van der Waals surface area contributed by atoms with Gasteiger partial charge >= 0.3 is 5.97 Å². The molecule has 1 saturated heterocycles. The van der Waals surface area contributed by atoms with Crippen molar-refractivity contribution in [2.75, 3.05) is 11.5 Å². The van der Waals surface area contributed by atoms with Crippen LogP contribution in [-0.2, 0) is 4.79 Å². The SMILES string of the molecule is O=C(NC1(C(=O)O)CCSC1)c1ccc(F)cc1[N+](=O)[O-]. The third-order valence-corrected chi connectivity index (χ3v) is 4.37. The van der Waals surface area contributed by atoms with Crippen molar-refractivity contribution >= 4 is 29.3 Å². The van der Waals surface area contributed by atoms with Gasteiger partial charge in [0, 0.05) is 5.75 Å². The summed E-state index contributed by atoms with van der Waals surface area (Å²) in [6.07, 6.45) is 0.230. The molecule has 0 aliphatic carbocycles. The molecule has 2 N–H and O–H groups in total. The minimum absolute atomic E-state index is 0.184. The fourth-order valence-corrected chi connectivity index (χ4v) is 3.34. The summed E-state index contributed by atoms with van der Waals surface area (Å²) < 4.78 is 13.0. The van der Waals surface area contributed by atoms with Gasteiger partial charge in [0.15, 0.2) is 0 Å². The van der Waals surface area contributed by atoms with Crippen LogP contribution in [0.3, 0.4) is 0 Å². The van der Waals surface area contributed by atoms with Crippen LogP contribution in [0, 0.1) is 15.9 Å². The highest BCUT2D eigenvalue weighted by Gasteiger charge is 2.44. The molecular weight excluding hydrogens is 303 g/mol. The van der Waals surface area contributed by atoms with E-state index in [0.29, 0.717) is 11.8 Å². The van der Waals surface area contributed by atoms with Crippen LogP contribution in [0.15, 0.2) is 18.2 Å². The fourth-order valence-electron chi connectivity index (χ4n) is 2.02. The predicted molar refractivity (Wildman–Crippen MR) is 72.8 cm³/mol. The minimum Gasteiger partial charge on any atom is -0.479 e. The second-order valence-corrected chi connectivity index (χ2v) is 5.67. The average Bonchev–Trinajstić information content (AvgIpc) is 2.88. The normalized spacial score (nSPS) is 21.0. The molecule has 1 aliphatic rings. The van der Waals surface area contributed by atoms with Crippen LogP contribution in [0.4, 0.5) is 10.1 Å². The summed E-state index contributed by atoms with van der Waals surface area (Å²) in [4.78, 5) is 33.5. The second kappa shape index (κ2) is 5.68. The van der Waals surface area contributed by atoms with E-state index in [0.717, 1.165) is 12.1 Å². The molecule has 0 saturated carbocycles. The third-order valence-electron chi connectivity index (χ3n) is 3.18. The van der Waals surface area contributed by atoms with Gasteiger partial charge in [-0.3, -0.25) is 14.9 Å². The lowest BCUT2D eigenvalue weighted by Gasteiger charge is -2.24. The first-order valence-corrected chi connectivity index (χ1v) is 7.09. The zero-order valence-electron chi connectivity index (χ0n) is 10.7. The van der Waals surface area contributed by atoms with Gasteiger partial charge in [0.1, 0.15) is 16.9 Å². The Morgan fingerprint density at radius 1 is 1.48 bits per heavy atom. The molecule has 0 bridgehead atoms. The maximum atomic E-state index is 13.0. The molecule has 0 radical (unpaired) electrons. The molecule has 1 fully saturated rings. The van der Waals surface area contributed by atoms with E-state index >= 15 is 0 Å². The Labute approximate surface area is 122 Å². The zero-order valence-corrected chi connectivity index (χ0v) is 11.5. The Hall–Kier alpha value is -2.16. The van der Waals surface area contributed by atoms with Gasteiger partial charge in [-0.25, -0.2) is 9.18 Å². The molecule has 0 aromatic heterocycles. The summed E-state index contributed by atoms with van der Waals surface area (Å²) in [7, 11) is 0. The van der Waals surface area contributed by atoms with Crippen molar-refractivity contribution in [2.45, 2.75) is 12.0 Å². The van der Waals surface area contributed by atoms with Crippen molar-refractivity contribution in [3.63, 3.8) is 0 Å². The zero-order chi connectivity index (χ0) is 15.6. The number of nitrogens with one attached hydrogen (secondary N) is 1. The summed E-state index contributed by atoms with van der Waals surface area (Å²) in [5.74, 6) is -2.18. The Kier molecular flexibility index (Phi) is 4.12. The molecule has 1 unspecified atom stereocenters. The molecule has 21 heavy (non-hydrogen) atoms. The Morgan fingerprint density at radius 3 is 2.71 bits per heavy atom. The van der Waals surface area contributed by atoms with Gasteiger partial charge in [-0.15, -0.1) is 0 Å². The summed E-state index contributed by atoms with van der Waals surface area (Å²) in [5.41, 5.74) is -2.50. The third kappa shape index (κ3) is 2.97. The number of rotatable bonds is 4. The number of benzene rings is 1. The van der Waals surface area contributed by atoms with Crippen molar-refractivity contribution in [1.82, 2.24) is 5.32 Å². The Bertz CT molecular complexity index is 616. The van der Waals surface area contributed by atoms with Crippen LogP contribution in [0.2, 0.25) is 0 Å². The molecule has 7 nitrogen and oxygen atoms in total. The van der Waals surface area contributed by atoms with Crippen molar-refractivity contribution in [1.29, 1.82) is 0 Å². The van der Waals surface area contributed by atoms with Gasteiger partial charge in [-0.2, -0.15) is 11.8 Å². The van der Waals surface area contributed by atoms with Crippen molar-refractivity contribution in [3.05, 3.63) is 39.7 Å². The predicted octanol–water partition coefficient (Wildman–Crippen LogP) is 1.42. The van der Waals surface area contributed by atoms with Crippen LogP contribution >= 0.6 is 11.8 Å². The number of aliphatic carboxylic acids is 1. The maximum Gasteiger partial charge on any atom is 0.330 e. The van der Waals surface area contributed by atoms with Crippen molar-refractivity contribution < 1.29 is 24.0 Å². The monoisotopic (exact) mass is 314 g/mol. The highest BCUT2D eigenvalue weighted by molar-refractivity contribution is 7.99. The molecule has 1 aromatic rings. The van der Waals surface area contributed by atoms with Crippen LogP contribution in [0.5, 0.6) is 0 Å². The molecule has 1 heterocycles. The first-order chi connectivity index (χ1) is 9.85. The summed E-state index contributed by atoms with van der Waals surface area (Å²) >= 11 is 1.37. The maximum absolute atomic E-state index is 13.0. The van der Waals surface area contributed by atoms with Crippen LogP contribution < -0.4 is 5.32 Å². The second-order valence-electron chi connectivity index (χ2n) is 4.56. The number of carbonyl (C=O) groups is 2. The summed E-state index contributed by atoms with van der Waals surface area (Å²) in [6, 6.07) is 2.52. The molecule has 0 spiro atoms. The number of nitro benzene ring substituents is 1. The smallest absolute Gasteiger partial charge is 0.330 e. The summed E-state index contributed by atoms with van der Waals surface area (Å²) in [6.45, 7) is 0. The number of carbonyl (C=O) groups excluding carboxylic acids is 1. The fraction of sp³-hybridized carbons (Fsp3) is 0.333. The molecule has 2 rings (SSSR count). The average molecular weight is 314 g/mol. The highest BCUT2D eigenvalue weighted by atomic mass is 32.2. The number of carboxylic acids is 1. The topological polar surface area (TPSA) is 110 Å². The van der Waals surface area contributed by atoms with E-state index in [9.17, 15) is 29.2 Å². The molecule has 9 heteroatoms. The number of halogens is 1. The number of nitrogens with zero attached hydrogens (tertiary/aromatic N) is 1. The van der Waals surface area contributed by atoms with E-state index in [-0.39, 0.29) is 17.7 Å². The number of hydrogen-bond donors (Lipinski definition) is 2. The van der Waals surface area contributed by atoms with E-state index < -0.39 is 33.8 Å². The van der Waals surface area contributed by atoms with Crippen molar-refractivity contribution in [2.24, 2.45) is 0 Å². The van der Waals surface area contributed by atoms with Gasteiger partial charge in [0.25, 0.3) is 11.6 Å². The Morgan fingerprint density at radius 2 is 2.19 bits per heavy atom. The van der Waals surface area contributed by atoms with Gasteiger partial charge < -0.3 is 10.4 Å². The van der Waals surface area contributed by atoms with E-state index in [1.54, 1.807) is 0 Å². The largest absolute Gasteiger partial charge is 0.479 e. The van der Waals surface area contributed by atoms with E-state index in [1.165, 1.54) is 11.8 Å². The van der Waals surface area contributed by atoms with Gasteiger partial charge in [-0.1, -0.05) is 0 Å². The number of thioether (sulfide) groups is 1. The van der Waals surface area contributed by atoms with Crippen LogP contribution in [0.25, 0.3) is 0 Å². The number of nitro groups is 1. The number of carboxylic acid groups (broad SMARTS) is 1. The summed E-state index contributed by atoms with van der Waals surface area (Å²) in [5, 5.41) is 22.5. The van der Waals surface area contributed by atoms with Crippen molar-refractivity contribution in [3.8, 4) is 0 Å². The lowest BCUT2D eigenvalue weighted by molar-refractivity contribution is -0.385. The van der Waals surface area contributed by atoms with E-state index in [2.05, 4.69) is 5.32 Å².